The Morgan fingerprint density at radius 3 is 2.56 bits per heavy atom. The van der Waals surface area contributed by atoms with Crippen LogP contribution >= 0.6 is 0 Å². The summed E-state index contributed by atoms with van der Waals surface area (Å²) in [6.07, 6.45) is 2.93. The van der Waals surface area contributed by atoms with Gasteiger partial charge in [-0.1, -0.05) is 33.8 Å². The van der Waals surface area contributed by atoms with Gasteiger partial charge < -0.3 is 0 Å². The smallest absolute Gasteiger partial charge is 0.0704 e. The fourth-order valence-corrected chi connectivity index (χ4v) is 2.15. The van der Waals surface area contributed by atoms with E-state index in [-0.39, 0.29) is 5.41 Å². The average molecular weight is 213 g/mol. The van der Waals surface area contributed by atoms with Crippen LogP contribution in [0.2, 0.25) is 0 Å². The fourth-order valence-electron chi connectivity index (χ4n) is 2.15. The van der Waals surface area contributed by atoms with E-state index in [2.05, 4.69) is 50.9 Å². The summed E-state index contributed by atoms with van der Waals surface area (Å²) in [4.78, 5) is 4.41. The van der Waals surface area contributed by atoms with E-state index in [9.17, 15) is 0 Å². The maximum absolute atomic E-state index is 4.41. The summed E-state index contributed by atoms with van der Waals surface area (Å²) in [5.74, 6) is 0. The molecule has 0 spiro atoms. The van der Waals surface area contributed by atoms with Gasteiger partial charge in [0.15, 0.2) is 0 Å². The van der Waals surface area contributed by atoms with Gasteiger partial charge in [0.2, 0.25) is 0 Å². The predicted octanol–water partition coefficient (Wildman–Crippen LogP) is 4.09. The first kappa shape index (κ1) is 11.1. The van der Waals surface area contributed by atoms with Gasteiger partial charge in [-0.05, 0) is 41.2 Å². The molecule has 2 aromatic rings. The van der Waals surface area contributed by atoms with Crippen LogP contribution in [0.1, 0.15) is 38.8 Å². The summed E-state index contributed by atoms with van der Waals surface area (Å²) in [6.45, 7) is 9.01. The van der Waals surface area contributed by atoms with E-state index in [1.165, 1.54) is 16.5 Å². The van der Waals surface area contributed by atoms with Crippen molar-refractivity contribution in [3.05, 3.63) is 41.6 Å². The largest absolute Gasteiger partial charge is 0.256 e. The molecule has 0 aliphatic carbocycles. The third kappa shape index (κ3) is 1.95. The Hall–Kier alpha value is -1.37. The highest BCUT2D eigenvalue weighted by Gasteiger charge is 2.17. The zero-order chi connectivity index (χ0) is 11.8. The number of aryl methyl sites for hydroxylation is 1. The van der Waals surface area contributed by atoms with E-state index in [0.29, 0.717) is 0 Å². The summed E-state index contributed by atoms with van der Waals surface area (Å²) in [5, 5.41) is 1.24. The number of hydrogen-bond donors (Lipinski definition) is 0. The Morgan fingerprint density at radius 1 is 1.19 bits per heavy atom. The number of hydrogen-bond acceptors (Lipinski definition) is 1. The lowest BCUT2D eigenvalue weighted by molar-refractivity contribution is 0.584. The number of aromatic nitrogens is 1. The topological polar surface area (TPSA) is 12.9 Å². The van der Waals surface area contributed by atoms with Gasteiger partial charge >= 0.3 is 0 Å². The summed E-state index contributed by atoms with van der Waals surface area (Å²) in [6, 6.07) is 8.66. The van der Waals surface area contributed by atoms with E-state index < -0.39 is 0 Å². The van der Waals surface area contributed by atoms with E-state index in [1.54, 1.807) is 0 Å². The number of rotatable bonds is 1. The van der Waals surface area contributed by atoms with Gasteiger partial charge in [-0.25, -0.2) is 0 Å². The molecule has 1 aromatic carbocycles. The Labute approximate surface area is 97.5 Å². The van der Waals surface area contributed by atoms with Gasteiger partial charge in [-0.2, -0.15) is 0 Å². The molecule has 0 saturated carbocycles. The molecular formula is C15H19N. The van der Waals surface area contributed by atoms with E-state index in [1.807, 2.05) is 12.3 Å². The molecule has 0 aliphatic heterocycles. The quantitative estimate of drug-likeness (QED) is 0.695. The summed E-state index contributed by atoms with van der Waals surface area (Å²) >= 11 is 0. The zero-order valence-corrected chi connectivity index (χ0v) is 10.5. The Balaban J connectivity index is 2.73. The van der Waals surface area contributed by atoms with Crippen molar-refractivity contribution in [1.29, 1.82) is 0 Å². The van der Waals surface area contributed by atoms with Crippen LogP contribution in [-0.2, 0) is 11.8 Å². The van der Waals surface area contributed by atoms with Crippen LogP contribution in [0, 0.1) is 0 Å². The van der Waals surface area contributed by atoms with Crippen LogP contribution < -0.4 is 0 Å². The molecule has 1 nitrogen and oxygen atoms in total. The monoisotopic (exact) mass is 213 g/mol. The molecule has 0 aliphatic rings. The molecule has 0 atom stereocenters. The Morgan fingerprint density at radius 2 is 1.94 bits per heavy atom. The van der Waals surface area contributed by atoms with Crippen molar-refractivity contribution >= 4 is 10.9 Å². The van der Waals surface area contributed by atoms with Gasteiger partial charge in [0.1, 0.15) is 0 Å². The van der Waals surface area contributed by atoms with Gasteiger partial charge in [-0.3, -0.25) is 4.98 Å². The first-order valence-corrected chi connectivity index (χ1v) is 5.90. The van der Waals surface area contributed by atoms with Crippen molar-refractivity contribution in [3.63, 3.8) is 0 Å². The normalized spacial score (nSPS) is 12.0. The standard InChI is InChI=1S/C15H19N/c1-5-11-10-14-12(7-6-8-16-14)9-13(11)15(2,3)4/h6-10H,5H2,1-4H3. The molecule has 1 aromatic heterocycles. The SMILES string of the molecule is CCc1cc2ncccc2cc1C(C)(C)C. The highest BCUT2D eigenvalue weighted by atomic mass is 14.6. The lowest BCUT2D eigenvalue weighted by Gasteiger charge is -2.23. The van der Waals surface area contributed by atoms with Crippen molar-refractivity contribution in [1.82, 2.24) is 4.98 Å². The molecule has 0 saturated heterocycles. The van der Waals surface area contributed by atoms with Crippen LogP contribution in [0.3, 0.4) is 0 Å². The molecule has 0 amide bonds. The summed E-state index contributed by atoms with van der Waals surface area (Å²) in [7, 11) is 0. The second-order valence-corrected chi connectivity index (χ2v) is 5.31. The molecule has 2 rings (SSSR count). The number of pyridine rings is 1. The molecule has 1 heteroatoms. The van der Waals surface area contributed by atoms with Crippen molar-refractivity contribution in [2.75, 3.05) is 0 Å². The lowest BCUT2D eigenvalue weighted by atomic mass is 9.82. The minimum Gasteiger partial charge on any atom is -0.256 e. The van der Waals surface area contributed by atoms with Crippen molar-refractivity contribution in [3.8, 4) is 0 Å². The second-order valence-electron chi connectivity index (χ2n) is 5.31. The summed E-state index contributed by atoms with van der Waals surface area (Å²) < 4.78 is 0. The first-order chi connectivity index (χ1) is 7.52. The van der Waals surface area contributed by atoms with Crippen molar-refractivity contribution in [2.45, 2.75) is 39.5 Å². The molecule has 84 valence electrons. The molecule has 16 heavy (non-hydrogen) atoms. The van der Waals surface area contributed by atoms with Crippen LogP contribution in [0.5, 0.6) is 0 Å². The van der Waals surface area contributed by atoms with Crippen LogP contribution in [0.4, 0.5) is 0 Å². The molecule has 0 bridgehead atoms. The van der Waals surface area contributed by atoms with E-state index in [0.717, 1.165) is 11.9 Å². The zero-order valence-electron chi connectivity index (χ0n) is 10.5. The van der Waals surface area contributed by atoms with Crippen LogP contribution in [0.15, 0.2) is 30.5 Å². The van der Waals surface area contributed by atoms with Gasteiger partial charge in [0.05, 0.1) is 5.52 Å². The summed E-state index contributed by atoms with van der Waals surface area (Å²) in [5.41, 5.74) is 4.16. The molecule has 0 fully saturated rings. The van der Waals surface area contributed by atoms with Gasteiger partial charge in [0, 0.05) is 11.6 Å². The van der Waals surface area contributed by atoms with Gasteiger partial charge in [-0.15, -0.1) is 0 Å². The number of fused-ring (bicyclic) bond motifs is 1. The van der Waals surface area contributed by atoms with Crippen LogP contribution in [0.25, 0.3) is 10.9 Å². The van der Waals surface area contributed by atoms with E-state index in [4.69, 9.17) is 0 Å². The lowest BCUT2D eigenvalue weighted by Crippen LogP contribution is -2.14. The molecular weight excluding hydrogens is 194 g/mol. The third-order valence-corrected chi connectivity index (χ3v) is 3.02. The Bertz CT molecular complexity index is 506. The van der Waals surface area contributed by atoms with Crippen molar-refractivity contribution < 1.29 is 0 Å². The maximum Gasteiger partial charge on any atom is 0.0704 e. The predicted molar refractivity (Wildman–Crippen MR) is 69.8 cm³/mol. The Kier molecular flexibility index (Phi) is 2.71. The van der Waals surface area contributed by atoms with Gasteiger partial charge in [0.25, 0.3) is 0 Å². The molecule has 0 radical (unpaired) electrons. The minimum atomic E-state index is 0.204. The third-order valence-electron chi connectivity index (χ3n) is 3.02. The highest BCUT2D eigenvalue weighted by Crippen LogP contribution is 2.29. The first-order valence-electron chi connectivity index (χ1n) is 5.90. The number of nitrogens with zero attached hydrogens (tertiary/aromatic N) is 1. The molecule has 0 N–H and O–H groups in total. The minimum absolute atomic E-state index is 0.204. The van der Waals surface area contributed by atoms with Crippen molar-refractivity contribution in [2.24, 2.45) is 0 Å². The highest BCUT2D eigenvalue weighted by molar-refractivity contribution is 5.80. The fraction of sp³-hybridized carbons (Fsp3) is 0.400. The average Bonchev–Trinajstić information content (AvgIpc) is 2.26. The molecule has 0 unspecified atom stereocenters. The second kappa shape index (κ2) is 3.89. The van der Waals surface area contributed by atoms with Crippen LogP contribution in [-0.4, -0.2) is 4.98 Å². The van der Waals surface area contributed by atoms with E-state index >= 15 is 0 Å². The molecule has 1 heterocycles. The maximum atomic E-state index is 4.41. The number of benzene rings is 1.